The van der Waals surface area contributed by atoms with E-state index in [0.29, 0.717) is 13.1 Å². The van der Waals surface area contributed by atoms with Crippen molar-refractivity contribution in [1.29, 1.82) is 0 Å². The van der Waals surface area contributed by atoms with Gasteiger partial charge >= 0.3 is 0 Å². The average molecular weight is 353 g/mol. The second-order valence-electron chi connectivity index (χ2n) is 6.84. The van der Waals surface area contributed by atoms with Gasteiger partial charge in [0.15, 0.2) is 0 Å². The van der Waals surface area contributed by atoms with Crippen LogP contribution in [0, 0.1) is 6.92 Å². The predicted octanol–water partition coefficient (Wildman–Crippen LogP) is 1.22. The van der Waals surface area contributed by atoms with Crippen molar-refractivity contribution in [2.24, 2.45) is 0 Å². The number of rotatable bonds is 5. The van der Waals surface area contributed by atoms with E-state index in [-0.39, 0.29) is 12.2 Å². The second kappa shape index (κ2) is 6.93. The van der Waals surface area contributed by atoms with Crippen LogP contribution in [0.4, 0.5) is 0 Å². The molecule has 0 fully saturated rings. The number of hydrogen-bond acceptors (Lipinski definition) is 4. The van der Waals surface area contributed by atoms with Crippen molar-refractivity contribution in [3.63, 3.8) is 0 Å². The molecule has 1 aromatic carbocycles. The minimum absolute atomic E-state index is 0.000895. The fourth-order valence-electron chi connectivity index (χ4n) is 3.54. The van der Waals surface area contributed by atoms with Crippen molar-refractivity contribution in [1.82, 2.24) is 24.5 Å². The molecule has 7 heteroatoms. The van der Waals surface area contributed by atoms with Gasteiger partial charge in [0, 0.05) is 37.0 Å². The van der Waals surface area contributed by atoms with Crippen LogP contribution in [0.3, 0.4) is 0 Å². The number of aliphatic hydroxyl groups excluding tert-OH is 1. The molecule has 1 aliphatic rings. The van der Waals surface area contributed by atoms with Crippen LogP contribution in [0.25, 0.3) is 5.69 Å². The lowest BCUT2D eigenvalue weighted by molar-refractivity contribution is 0.240. The third-order valence-corrected chi connectivity index (χ3v) is 4.83. The molecule has 0 atom stereocenters. The van der Waals surface area contributed by atoms with Crippen LogP contribution < -0.4 is 5.56 Å². The lowest BCUT2D eigenvalue weighted by atomic mass is 10.1. The maximum absolute atomic E-state index is 12.2. The van der Waals surface area contributed by atoms with Crippen LogP contribution in [-0.4, -0.2) is 42.7 Å². The molecular formula is C19H23N5O2. The van der Waals surface area contributed by atoms with Crippen LogP contribution in [0.2, 0.25) is 0 Å². The Labute approximate surface area is 151 Å². The first kappa shape index (κ1) is 16.8. The van der Waals surface area contributed by atoms with E-state index in [1.165, 1.54) is 10.2 Å². The van der Waals surface area contributed by atoms with Crippen LogP contribution in [0.5, 0.6) is 0 Å². The first-order valence-electron chi connectivity index (χ1n) is 8.88. The molecule has 0 aliphatic carbocycles. The Morgan fingerprint density at radius 3 is 3.04 bits per heavy atom. The van der Waals surface area contributed by atoms with Gasteiger partial charge in [0.2, 0.25) is 0 Å². The summed E-state index contributed by atoms with van der Waals surface area (Å²) in [5, 5.41) is 16.7. The van der Waals surface area contributed by atoms with Crippen molar-refractivity contribution in [2.45, 2.75) is 33.0 Å². The molecule has 0 unspecified atom stereocenters. The van der Waals surface area contributed by atoms with Gasteiger partial charge in [-0.15, -0.1) is 0 Å². The highest BCUT2D eigenvalue weighted by Crippen LogP contribution is 2.17. The van der Waals surface area contributed by atoms with Crippen molar-refractivity contribution < 1.29 is 5.11 Å². The molecule has 0 spiro atoms. The maximum atomic E-state index is 12.2. The number of hydrogen-bond donors (Lipinski definition) is 2. The number of H-pyrrole nitrogens is 1. The summed E-state index contributed by atoms with van der Waals surface area (Å²) in [6.07, 6.45) is 4.69. The van der Waals surface area contributed by atoms with Crippen LogP contribution in [0.1, 0.15) is 22.4 Å². The minimum Gasteiger partial charge on any atom is -0.394 e. The molecule has 0 radical (unpaired) electrons. The molecule has 2 aromatic heterocycles. The van der Waals surface area contributed by atoms with E-state index in [2.05, 4.69) is 40.4 Å². The smallest absolute Gasteiger partial charge is 0.270 e. The molecule has 0 saturated heterocycles. The molecule has 3 heterocycles. The Morgan fingerprint density at radius 2 is 2.23 bits per heavy atom. The summed E-state index contributed by atoms with van der Waals surface area (Å²) < 4.78 is 3.40. The molecule has 26 heavy (non-hydrogen) atoms. The molecule has 136 valence electrons. The number of aliphatic hydroxyl groups is 1. The minimum atomic E-state index is -0.0405. The molecule has 3 aromatic rings. The molecule has 0 saturated carbocycles. The van der Waals surface area contributed by atoms with E-state index in [1.807, 2.05) is 23.0 Å². The monoisotopic (exact) mass is 353 g/mol. The highest BCUT2D eigenvalue weighted by molar-refractivity contribution is 5.35. The summed E-state index contributed by atoms with van der Waals surface area (Å²) in [6.45, 7) is 4.69. The van der Waals surface area contributed by atoms with Gasteiger partial charge in [-0.25, -0.2) is 4.68 Å². The molecule has 2 N–H and O–H groups in total. The van der Waals surface area contributed by atoms with Crippen molar-refractivity contribution in [2.75, 3.05) is 13.2 Å². The number of aromatic nitrogens is 4. The molecule has 1 aliphatic heterocycles. The summed E-state index contributed by atoms with van der Waals surface area (Å²) in [5.74, 6) is 0. The quantitative estimate of drug-likeness (QED) is 0.723. The van der Waals surface area contributed by atoms with Gasteiger partial charge < -0.3 is 5.11 Å². The van der Waals surface area contributed by atoms with Gasteiger partial charge in [0.25, 0.3) is 5.56 Å². The Hall–Kier alpha value is -2.64. The van der Waals surface area contributed by atoms with Crippen LogP contribution in [0.15, 0.2) is 41.5 Å². The van der Waals surface area contributed by atoms with Crippen molar-refractivity contribution >= 4 is 0 Å². The van der Waals surface area contributed by atoms with Gasteiger partial charge in [-0.3, -0.25) is 19.5 Å². The fourth-order valence-corrected chi connectivity index (χ4v) is 3.54. The van der Waals surface area contributed by atoms with Crippen LogP contribution in [-0.2, 0) is 26.1 Å². The van der Waals surface area contributed by atoms with Gasteiger partial charge in [-0.2, -0.15) is 5.10 Å². The molecule has 4 rings (SSSR count). The van der Waals surface area contributed by atoms with Gasteiger partial charge in [-0.05, 0) is 31.0 Å². The largest absolute Gasteiger partial charge is 0.394 e. The van der Waals surface area contributed by atoms with Gasteiger partial charge in [0.05, 0.1) is 30.7 Å². The predicted molar refractivity (Wildman–Crippen MR) is 98.3 cm³/mol. The van der Waals surface area contributed by atoms with Crippen LogP contribution >= 0.6 is 0 Å². The van der Waals surface area contributed by atoms with E-state index in [0.717, 1.165) is 42.0 Å². The van der Waals surface area contributed by atoms with Gasteiger partial charge in [-0.1, -0.05) is 12.1 Å². The lowest BCUT2D eigenvalue weighted by Gasteiger charge is -2.25. The number of aryl methyl sites for hydroxylation is 1. The van der Waals surface area contributed by atoms with E-state index in [9.17, 15) is 4.79 Å². The Kier molecular flexibility index (Phi) is 4.48. The number of benzene rings is 1. The third kappa shape index (κ3) is 3.23. The first-order chi connectivity index (χ1) is 12.6. The number of nitrogens with zero attached hydrogens (tertiary/aromatic N) is 4. The normalized spacial score (nSPS) is 14.5. The lowest BCUT2D eigenvalue weighted by Crippen LogP contribution is -2.31. The Balaban J connectivity index is 1.48. The SMILES string of the molecule is Cc1cccc(-n2cc(CN3CCc4c([nH]n(CCO)c4=O)C3)cn2)c1. The summed E-state index contributed by atoms with van der Waals surface area (Å²) in [7, 11) is 0. The molecule has 0 amide bonds. The van der Waals surface area contributed by atoms with Gasteiger partial charge in [0.1, 0.15) is 0 Å². The zero-order chi connectivity index (χ0) is 18.1. The molecular weight excluding hydrogens is 330 g/mol. The van der Waals surface area contributed by atoms with Crippen molar-refractivity contribution in [3.8, 4) is 5.69 Å². The Bertz CT molecular complexity index is 968. The number of fused-ring (bicyclic) bond motifs is 1. The molecule has 0 bridgehead atoms. The number of nitrogens with one attached hydrogen (secondary N) is 1. The number of aromatic amines is 1. The average Bonchev–Trinajstić information content (AvgIpc) is 3.21. The Morgan fingerprint density at radius 1 is 1.35 bits per heavy atom. The van der Waals surface area contributed by atoms with E-state index in [1.54, 1.807) is 0 Å². The van der Waals surface area contributed by atoms with E-state index >= 15 is 0 Å². The highest BCUT2D eigenvalue weighted by Gasteiger charge is 2.22. The highest BCUT2D eigenvalue weighted by atomic mass is 16.3. The standard InChI is InChI=1S/C19H23N5O2/c1-14-3-2-4-16(9-14)24-12-15(10-20-24)11-22-6-5-17-18(13-22)21-23(7-8-25)19(17)26/h2-4,9-10,12,21,25H,5-8,11,13H2,1H3. The summed E-state index contributed by atoms with van der Waals surface area (Å²) >= 11 is 0. The third-order valence-electron chi connectivity index (χ3n) is 4.83. The fraction of sp³-hybridized carbons (Fsp3) is 0.368. The summed E-state index contributed by atoms with van der Waals surface area (Å²) in [4.78, 5) is 14.5. The second-order valence-corrected chi connectivity index (χ2v) is 6.84. The maximum Gasteiger partial charge on any atom is 0.270 e. The summed E-state index contributed by atoms with van der Waals surface area (Å²) in [5.41, 5.74) is 5.22. The topological polar surface area (TPSA) is 79.1 Å². The van der Waals surface area contributed by atoms with E-state index < -0.39 is 0 Å². The van der Waals surface area contributed by atoms with E-state index in [4.69, 9.17) is 5.11 Å². The first-order valence-corrected chi connectivity index (χ1v) is 8.88. The zero-order valence-corrected chi connectivity index (χ0v) is 14.9. The van der Waals surface area contributed by atoms with Crippen molar-refractivity contribution in [3.05, 3.63) is 69.4 Å². The summed E-state index contributed by atoms with van der Waals surface area (Å²) in [6, 6.07) is 8.26. The molecule has 7 nitrogen and oxygen atoms in total. The zero-order valence-electron chi connectivity index (χ0n) is 14.9.